The summed E-state index contributed by atoms with van der Waals surface area (Å²) in [7, 11) is 0. The normalized spacial score (nSPS) is 13.1. The molecule has 0 bridgehead atoms. The van der Waals surface area contributed by atoms with Gasteiger partial charge in [0.05, 0.1) is 11.4 Å². The zero-order valence-corrected chi connectivity index (χ0v) is 28.6. The van der Waals surface area contributed by atoms with E-state index in [0.29, 0.717) is 0 Å². The lowest BCUT2D eigenvalue weighted by Gasteiger charge is -2.22. The third kappa shape index (κ3) is 4.71. The van der Waals surface area contributed by atoms with E-state index < -0.39 is 0 Å². The lowest BCUT2D eigenvalue weighted by molar-refractivity contribution is 0.661. The highest BCUT2D eigenvalue weighted by molar-refractivity contribution is 6.09. The van der Waals surface area contributed by atoms with E-state index in [-0.39, 0.29) is 5.41 Å². The first-order valence-electron chi connectivity index (χ1n) is 17.7. The summed E-state index contributed by atoms with van der Waals surface area (Å²) in [5.41, 5.74) is 12.4. The van der Waals surface area contributed by atoms with Crippen LogP contribution in [0.25, 0.3) is 88.5 Å². The van der Waals surface area contributed by atoms with Crippen LogP contribution >= 0.6 is 0 Å². The largest absolute Gasteiger partial charge is 0.228 e. The third-order valence-corrected chi connectivity index (χ3v) is 10.9. The molecule has 0 fully saturated rings. The molecular weight excluding hydrogens is 617 g/mol. The first kappa shape index (κ1) is 29.5. The number of nitrogens with zero attached hydrogens (tertiary/aromatic N) is 2. The maximum absolute atomic E-state index is 5.33. The van der Waals surface area contributed by atoms with Gasteiger partial charge >= 0.3 is 0 Å². The topological polar surface area (TPSA) is 25.8 Å². The van der Waals surface area contributed by atoms with E-state index in [4.69, 9.17) is 9.97 Å². The van der Waals surface area contributed by atoms with Gasteiger partial charge in [0.25, 0.3) is 0 Å². The van der Waals surface area contributed by atoms with Crippen molar-refractivity contribution in [3.63, 3.8) is 0 Å². The van der Waals surface area contributed by atoms with Gasteiger partial charge in [0, 0.05) is 22.1 Å². The Labute approximate surface area is 297 Å². The Bertz CT molecular complexity index is 2830. The molecule has 0 amide bonds. The van der Waals surface area contributed by atoms with E-state index in [9.17, 15) is 0 Å². The van der Waals surface area contributed by atoms with Crippen LogP contribution in [-0.4, -0.2) is 9.97 Å². The van der Waals surface area contributed by atoms with Gasteiger partial charge in [0.2, 0.25) is 0 Å². The van der Waals surface area contributed by atoms with Gasteiger partial charge in [0.1, 0.15) is 0 Å². The molecule has 0 radical (unpaired) electrons. The van der Waals surface area contributed by atoms with Crippen LogP contribution in [0, 0.1) is 0 Å². The number of aromatic nitrogens is 2. The summed E-state index contributed by atoms with van der Waals surface area (Å²) in [4.78, 5) is 10.6. The lowest BCUT2D eigenvalue weighted by Crippen LogP contribution is -2.14. The van der Waals surface area contributed by atoms with Crippen molar-refractivity contribution in [2.45, 2.75) is 19.3 Å². The average molecular weight is 651 g/mol. The molecule has 0 unspecified atom stereocenters. The van der Waals surface area contributed by atoms with Crippen molar-refractivity contribution in [3.8, 4) is 56.2 Å². The molecule has 0 N–H and O–H groups in total. The zero-order valence-electron chi connectivity index (χ0n) is 28.6. The molecule has 0 spiro atoms. The van der Waals surface area contributed by atoms with E-state index >= 15 is 0 Å². The molecule has 240 valence electrons. The van der Waals surface area contributed by atoms with Crippen LogP contribution in [0.4, 0.5) is 0 Å². The summed E-state index contributed by atoms with van der Waals surface area (Å²) in [6, 6.07) is 61.3. The summed E-state index contributed by atoms with van der Waals surface area (Å²) in [6.45, 7) is 4.69. The average Bonchev–Trinajstić information content (AvgIpc) is 3.42. The fourth-order valence-electron chi connectivity index (χ4n) is 8.25. The maximum Gasteiger partial charge on any atom is 0.160 e. The van der Waals surface area contributed by atoms with Crippen molar-refractivity contribution in [2.24, 2.45) is 0 Å². The second-order valence-electron chi connectivity index (χ2n) is 14.2. The molecule has 1 aromatic heterocycles. The summed E-state index contributed by atoms with van der Waals surface area (Å²) in [5, 5.41) is 7.52. The molecular formula is C49H34N2. The molecule has 0 atom stereocenters. The minimum absolute atomic E-state index is 0.143. The standard InChI is InChI=1S/C49H34N2/c1-49(2)43-22-12-21-40(47(43)42-27-34-16-6-7-17-35(34)29-44(42)49)46-30-45(50-48(51-46)33-14-4-3-5-15-33)39-20-11-10-19-38(39)36-26-25-32-24-23-31-13-8-9-18-37(31)41(32)28-36/h3-30H,1-2H3. The molecule has 0 saturated heterocycles. The predicted molar refractivity (Wildman–Crippen MR) is 214 cm³/mol. The van der Waals surface area contributed by atoms with Gasteiger partial charge in [-0.15, -0.1) is 0 Å². The second kappa shape index (κ2) is 11.3. The molecule has 1 aliphatic rings. The van der Waals surface area contributed by atoms with Gasteiger partial charge < -0.3 is 0 Å². The van der Waals surface area contributed by atoms with E-state index in [1.54, 1.807) is 0 Å². The number of benzene rings is 8. The van der Waals surface area contributed by atoms with Gasteiger partial charge in [-0.25, -0.2) is 9.97 Å². The Morgan fingerprint density at radius 1 is 0.373 bits per heavy atom. The molecule has 1 aliphatic carbocycles. The van der Waals surface area contributed by atoms with Crippen molar-refractivity contribution < 1.29 is 0 Å². The molecule has 8 aromatic carbocycles. The summed E-state index contributed by atoms with van der Waals surface area (Å²) >= 11 is 0. The van der Waals surface area contributed by atoms with Crippen molar-refractivity contribution in [1.82, 2.24) is 9.97 Å². The molecule has 2 nitrogen and oxygen atoms in total. The number of hydrogen-bond donors (Lipinski definition) is 0. The minimum atomic E-state index is -0.143. The van der Waals surface area contributed by atoms with E-state index in [0.717, 1.165) is 39.5 Å². The van der Waals surface area contributed by atoms with Crippen LogP contribution in [0.5, 0.6) is 0 Å². The Hall–Kier alpha value is -6.38. The molecule has 10 rings (SSSR count). The monoisotopic (exact) mass is 650 g/mol. The molecule has 1 heterocycles. The first-order valence-corrected chi connectivity index (χ1v) is 17.7. The minimum Gasteiger partial charge on any atom is -0.228 e. The highest BCUT2D eigenvalue weighted by Gasteiger charge is 2.37. The Kier molecular flexibility index (Phi) is 6.56. The number of fused-ring (bicyclic) bond motifs is 7. The lowest BCUT2D eigenvalue weighted by atomic mass is 9.81. The van der Waals surface area contributed by atoms with Gasteiger partial charge in [-0.3, -0.25) is 0 Å². The van der Waals surface area contributed by atoms with Crippen LogP contribution in [0.2, 0.25) is 0 Å². The quantitative estimate of drug-likeness (QED) is 0.177. The predicted octanol–water partition coefficient (Wildman–Crippen LogP) is 12.9. The van der Waals surface area contributed by atoms with Crippen LogP contribution in [0.3, 0.4) is 0 Å². The highest BCUT2D eigenvalue weighted by Crippen LogP contribution is 2.53. The van der Waals surface area contributed by atoms with E-state index in [2.05, 4.69) is 178 Å². The third-order valence-electron chi connectivity index (χ3n) is 10.9. The maximum atomic E-state index is 5.33. The van der Waals surface area contributed by atoms with Crippen LogP contribution < -0.4 is 0 Å². The summed E-state index contributed by atoms with van der Waals surface area (Å²) in [6.07, 6.45) is 0. The highest BCUT2D eigenvalue weighted by atomic mass is 14.9. The Balaban J connectivity index is 1.21. The first-order chi connectivity index (χ1) is 25.0. The number of hydrogen-bond acceptors (Lipinski definition) is 2. The Morgan fingerprint density at radius 3 is 1.78 bits per heavy atom. The summed E-state index contributed by atoms with van der Waals surface area (Å²) < 4.78 is 0. The van der Waals surface area contributed by atoms with Crippen molar-refractivity contribution in [1.29, 1.82) is 0 Å². The van der Waals surface area contributed by atoms with Gasteiger partial charge in [0.15, 0.2) is 5.82 Å². The molecule has 2 heteroatoms. The molecule has 51 heavy (non-hydrogen) atoms. The van der Waals surface area contributed by atoms with Gasteiger partial charge in [-0.2, -0.15) is 0 Å². The smallest absolute Gasteiger partial charge is 0.160 e. The second-order valence-corrected chi connectivity index (χ2v) is 14.2. The fraction of sp³-hybridized carbons (Fsp3) is 0.0612. The van der Waals surface area contributed by atoms with Crippen LogP contribution in [-0.2, 0) is 5.41 Å². The Morgan fingerprint density at radius 2 is 0.980 bits per heavy atom. The van der Waals surface area contributed by atoms with Crippen molar-refractivity contribution in [3.05, 3.63) is 181 Å². The van der Waals surface area contributed by atoms with E-state index in [1.165, 1.54) is 60.1 Å². The molecule has 0 aliphatic heterocycles. The molecule has 0 saturated carbocycles. The fourth-order valence-corrected chi connectivity index (χ4v) is 8.25. The van der Waals surface area contributed by atoms with Gasteiger partial charge in [-0.05, 0) is 90.0 Å². The zero-order chi connectivity index (χ0) is 34.1. The van der Waals surface area contributed by atoms with Crippen molar-refractivity contribution >= 4 is 32.3 Å². The number of rotatable bonds is 4. The SMILES string of the molecule is CC1(C)c2cc3ccccc3cc2-c2c(-c3cc(-c4ccccc4-c4ccc5ccc6ccccc6c5c4)nc(-c4ccccc4)n3)cccc21. The van der Waals surface area contributed by atoms with E-state index in [1.807, 2.05) is 6.07 Å². The van der Waals surface area contributed by atoms with Crippen molar-refractivity contribution in [2.75, 3.05) is 0 Å². The van der Waals surface area contributed by atoms with Crippen LogP contribution in [0.1, 0.15) is 25.0 Å². The van der Waals surface area contributed by atoms with Crippen LogP contribution in [0.15, 0.2) is 170 Å². The summed E-state index contributed by atoms with van der Waals surface area (Å²) in [5.74, 6) is 0.719. The van der Waals surface area contributed by atoms with Gasteiger partial charge in [-0.1, -0.05) is 159 Å². The molecule has 9 aromatic rings.